The highest BCUT2D eigenvalue weighted by Gasteiger charge is 2.25. The second kappa shape index (κ2) is 12.6. The molecule has 1 aromatic rings. The SMILES string of the molecule is CCNC(=NCCc1ccccn1)NC1CCCC(S(=O)CC)C1.I. The minimum absolute atomic E-state index is 0. The smallest absolute Gasteiger partial charge is 0.191 e. The second-order valence-electron chi connectivity index (χ2n) is 6.13. The third-order valence-electron chi connectivity index (χ3n) is 4.33. The summed E-state index contributed by atoms with van der Waals surface area (Å²) in [6.45, 7) is 5.64. The quantitative estimate of drug-likeness (QED) is 0.360. The maximum absolute atomic E-state index is 12.1. The topological polar surface area (TPSA) is 66.4 Å². The second-order valence-corrected chi connectivity index (χ2v) is 8.14. The van der Waals surface area contributed by atoms with Crippen LogP contribution < -0.4 is 10.6 Å². The summed E-state index contributed by atoms with van der Waals surface area (Å²) in [4.78, 5) is 9.00. The Morgan fingerprint density at radius 2 is 2.20 bits per heavy atom. The predicted molar refractivity (Wildman–Crippen MR) is 117 cm³/mol. The average Bonchev–Trinajstić information content (AvgIpc) is 2.62. The summed E-state index contributed by atoms with van der Waals surface area (Å²) in [6, 6.07) is 6.33. The van der Waals surface area contributed by atoms with E-state index in [1.165, 1.54) is 0 Å². The number of pyridine rings is 1. The lowest BCUT2D eigenvalue weighted by molar-refractivity contribution is 0.413. The monoisotopic (exact) mass is 478 g/mol. The van der Waals surface area contributed by atoms with E-state index in [9.17, 15) is 4.21 Å². The van der Waals surface area contributed by atoms with Gasteiger partial charge in [-0.3, -0.25) is 14.2 Å². The first-order valence-corrected chi connectivity index (χ1v) is 10.4. The van der Waals surface area contributed by atoms with E-state index in [1.807, 2.05) is 31.3 Å². The number of nitrogens with zero attached hydrogens (tertiary/aromatic N) is 2. The summed E-state index contributed by atoms with van der Waals surface area (Å²) in [5.41, 5.74) is 1.06. The van der Waals surface area contributed by atoms with Crippen molar-refractivity contribution in [2.24, 2.45) is 4.99 Å². The summed E-state index contributed by atoms with van der Waals surface area (Å²) >= 11 is 0. The van der Waals surface area contributed by atoms with Crippen molar-refractivity contribution < 1.29 is 4.21 Å². The van der Waals surface area contributed by atoms with E-state index >= 15 is 0 Å². The summed E-state index contributed by atoms with van der Waals surface area (Å²) in [5.74, 6) is 1.62. The van der Waals surface area contributed by atoms with Crippen molar-refractivity contribution in [1.82, 2.24) is 15.6 Å². The van der Waals surface area contributed by atoms with Crippen LogP contribution in [0, 0.1) is 0 Å². The van der Waals surface area contributed by atoms with Crippen LogP contribution in [0.2, 0.25) is 0 Å². The fourth-order valence-electron chi connectivity index (χ4n) is 3.09. The molecule has 2 N–H and O–H groups in total. The number of halogens is 1. The molecule has 5 nitrogen and oxygen atoms in total. The number of rotatable bonds is 7. The van der Waals surface area contributed by atoms with E-state index in [2.05, 4.69) is 27.5 Å². The molecule has 0 bridgehead atoms. The van der Waals surface area contributed by atoms with Crippen molar-refractivity contribution >= 4 is 40.7 Å². The number of aromatic nitrogens is 1. The Labute approximate surface area is 171 Å². The molecule has 3 unspecified atom stereocenters. The molecule has 0 aliphatic heterocycles. The van der Waals surface area contributed by atoms with Crippen LogP contribution >= 0.6 is 24.0 Å². The Balaban J connectivity index is 0.00000312. The van der Waals surface area contributed by atoms with Crippen molar-refractivity contribution in [1.29, 1.82) is 0 Å². The molecule has 1 fully saturated rings. The van der Waals surface area contributed by atoms with Crippen LogP contribution in [0.3, 0.4) is 0 Å². The van der Waals surface area contributed by atoms with Crippen LogP contribution in [-0.2, 0) is 17.2 Å². The zero-order chi connectivity index (χ0) is 17.2. The first-order chi connectivity index (χ1) is 11.7. The Morgan fingerprint density at radius 1 is 1.36 bits per heavy atom. The molecular formula is C18H31IN4OS. The van der Waals surface area contributed by atoms with E-state index in [1.54, 1.807) is 0 Å². The third kappa shape index (κ3) is 8.02. The van der Waals surface area contributed by atoms with Crippen molar-refractivity contribution in [3.8, 4) is 0 Å². The maximum Gasteiger partial charge on any atom is 0.191 e. The fourth-order valence-corrected chi connectivity index (χ4v) is 4.44. The third-order valence-corrected chi connectivity index (χ3v) is 6.07. The van der Waals surface area contributed by atoms with Crippen LogP contribution in [0.15, 0.2) is 29.4 Å². The number of guanidine groups is 1. The first kappa shape index (κ1) is 22.3. The Morgan fingerprint density at radius 3 is 2.88 bits per heavy atom. The van der Waals surface area contributed by atoms with Gasteiger partial charge in [-0.1, -0.05) is 19.4 Å². The number of hydrogen-bond donors (Lipinski definition) is 2. The molecule has 0 radical (unpaired) electrons. The maximum atomic E-state index is 12.1. The van der Waals surface area contributed by atoms with Gasteiger partial charge in [0.1, 0.15) is 0 Å². The fraction of sp³-hybridized carbons (Fsp3) is 0.667. The molecular weight excluding hydrogens is 447 g/mol. The molecule has 1 aliphatic carbocycles. The van der Waals surface area contributed by atoms with Gasteiger partial charge < -0.3 is 10.6 Å². The molecule has 3 atom stereocenters. The normalized spacial score (nSPS) is 21.9. The summed E-state index contributed by atoms with van der Waals surface area (Å²) in [7, 11) is -0.692. The van der Waals surface area contributed by atoms with E-state index in [4.69, 9.17) is 0 Å². The largest absolute Gasteiger partial charge is 0.357 e. The van der Waals surface area contributed by atoms with Crippen LogP contribution in [0.25, 0.3) is 0 Å². The van der Waals surface area contributed by atoms with E-state index in [0.29, 0.717) is 17.8 Å². The van der Waals surface area contributed by atoms with Crippen molar-refractivity contribution in [2.75, 3.05) is 18.8 Å². The summed E-state index contributed by atoms with van der Waals surface area (Å²) < 4.78 is 12.1. The van der Waals surface area contributed by atoms with Crippen LogP contribution in [0.4, 0.5) is 0 Å². The average molecular weight is 478 g/mol. The van der Waals surface area contributed by atoms with Crippen LogP contribution in [0.5, 0.6) is 0 Å². The van der Waals surface area contributed by atoms with Gasteiger partial charge in [-0.15, -0.1) is 24.0 Å². The molecule has 7 heteroatoms. The minimum atomic E-state index is -0.692. The van der Waals surface area contributed by atoms with Crippen molar-refractivity contribution in [3.05, 3.63) is 30.1 Å². The molecule has 0 spiro atoms. The lowest BCUT2D eigenvalue weighted by atomic mass is 9.95. The predicted octanol–water partition coefficient (Wildman–Crippen LogP) is 2.88. The standard InChI is InChI=1S/C18H30N4OS.HI/c1-3-19-18(21-13-11-15-8-5-6-12-20-15)22-16-9-7-10-17(14-16)24(23)4-2;/h5-6,8,12,16-17H,3-4,7,9-11,13-14H2,1-2H3,(H2,19,21,22);1H. The summed E-state index contributed by atoms with van der Waals surface area (Å²) in [6.07, 6.45) is 6.99. The van der Waals surface area contributed by atoms with Crippen LogP contribution in [-0.4, -0.2) is 45.3 Å². The zero-order valence-corrected chi connectivity index (χ0v) is 18.4. The summed E-state index contributed by atoms with van der Waals surface area (Å²) in [5, 5.41) is 7.18. The molecule has 142 valence electrons. The number of nitrogens with one attached hydrogen (secondary N) is 2. The minimum Gasteiger partial charge on any atom is -0.357 e. The Hall–Kier alpha value is -0.700. The highest BCUT2D eigenvalue weighted by Crippen LogP contribution is 2.22. The Kier molecular flexibility index (Phi) is 11.3. The molecule has 0 aromatic carbocycles. The highest BCUT2D eigenvalue weighted by molar-refractivity contribution is 14.0. The van der Waals surface area contributed by atoms with Crippen LogP contribution in [0.1, 0.15) is 45.2 Å². The zero-order valence-electron chi connectivity index (χ0n) is 15.2. The number of hydrogen-bond acceptors (Lipinski definition) is 3. The lowest BCUT2D eigenvalue weighted by Crippen LogP contribution is -2.46. The molecule has 1 heterocycles. The van der Waals surface area contributed by atoms with Gasteiger partial charge in [0.15, 0.2) is 5.96 Å². The van der Waals surface area contributed by atoms with E-state index < -0.39 is 10.8 Å². The highest BCUT2D eigenvalue weighted by atomic mass is 127. The van der Waals surface area contributed by atoms with Gasteiger partial charge >= 0.3 is 0 Å². The Bertz CT molecular complexity index is 541. The molecule has 0 saturated heterocycles. The van der Waals surface area contributed by atoms with Gasteiger partial charge in [-0.05, 0) is 38.3 Å². The van der Waals surface area contributed by atoms with Crippen molar-refractivity contribution in [2.45, 2.75) is 57.2 Å². The first-order valence-electron chi connectivity index (χ1n) is 9.04. The van der Waals surface area contributed by atoms with Gasteiger partial charge in [0.25, 0.3) is 0 Å². The van der Waals surface area contributed by atoms with E-state index in [-0.39, 0.29) is 24.0 Å². The lowest BCUT2D eigenvalue weighted by Gasteiger charge is -2.30. The van der Waals surface area contributed by atoms with Gasteiger partial charge in [0, 0.05) is 59.2 Å². The molecule has 1 aliphatic rings. The van der Waals surface area contributed by atoms with Gasteiger partial charge in [0.2, 0.25) is 0 Å². The van der Waals surface area contributed by atoms with Gasteiger partial charge in [0.05, 0.1) is 0 Å². The molecule has 1 saturated carbocycles. The molecule has 2 rings (SSSR count). The van der Waals surface area contributed by atoms with Gasteiger partial charge in [-0.2, -0.15) is 0 Å². The molecule has 0 amide bonds. The van der Waals surface area contributed by atoms with Crippen molar-refractivity contribution in [3.63, 3.8) is 0 Å². The number of aliphatic imine (C=N–C) groups is 1. The molecule has 25 heavy (non-hydrogen) atoms. The van der Waals surface area contributed by atoms with Gasteiger partial charge in [-0.25, -0.2) is 0 Å². The van der Waals surface area contributed by atoms with E-state index in [0.717, 1.165) is 56.1 Å². The molecule has 1 aromatic heterocycles.